The minimum atomic E-state index is 0.210. The van der Waals surface area contributed by atoms with Gasteiger partial charge in [-0.2, -0.15) is 0 Å². The number of nitrogens with one attached hydrogen (secondary N) is 1. The van der Waals surface area contributed by atoms with Crippen LogP contribution in [0.15, 0.2) is 0 Å². The zero-order valence-electron chi connectivity index (χ0n) is 13.2. The summed E-state index contributed by atoms with van der Waals surface area (Å²) >= 11 is 3.47. The highest BCUT2D eigenvalue weighted by molar-refractivity contribution is 9.09. The van der Waals surface area contributed by atoms with Crippen LogP contribution >= 0.6 is 15.9 Å². The summed E-state index contributed by atoms with van der Waals surface area (Å²) in [4.78, 5) is 12.3. The number of rotatable bonds is 8. The van der Waals surface area contributed by atoms with Gasteiger partial charge in [-0.15, -0.1) is 0 Å². The highest BCUT2D eigenvalue weighted by Crippen LogP contribution is 2.55. The normalized spacial score (nSPS) is 36.9. The molecule has 4 bridgehead atoms. The van der Waals surface area contributed by atoms with E-state index in [0.29, 0.717) is 5.91 Å². The van der Waals surface area contributed by atoms with E-state index in [-0.39, 0.29) is 5.54 Å². The lowest BCUT2D eigenvalue weighted by molar-refractivity contribution is -0.127. The second-order valence-corrected chi connectivity index (χ2v) is 8.75. The molecule has 2 nitrogen and oxygen atoms in total. The number of amides is 1. The van der Waals surface area contributed by atoms with Gasteiger partial charge in [-0.3, -0.25) is 4.79 Å². The van der Waals surface area contributed by atoms with Crippen LogP contribution in [0.3, 0.4) is 0 Å². The van der Waals surface area contributed by atoms with Crippen molar-refractivity contribution in [2.24, 2.45) is 17.8 Å². The Labute approximate surface area is 138 Å². The molecule has 4 fully saturated rings. The summed E-state index contributed by atoms with van der Waals surface area (Å²) in [6.07, 6.45) is 15.0. The van der Waals surface area contributed by atoms with Crippen molar-refractivity contribution in [1.29, 1.82) is 0 Å². The van der Waals surface area contributed by atoms with Gasteiger partial charge >= 0.3 is 0 Å². The van der Waals surface area contributed by atoms with Crippen molar-refractivity contribution in [3.05, 3.63) is 0 Å². The molecule has 0 atom stereocenters. The Morgan fingerprint density at radius 2 is 1.43 bits per heavy atom. The van der Waals surface area contributed by atoms with Crippen molar-refractivity contribution in [3.8, 4) is 0 Å². The van der Waals surface area contributed by atoms with Gasteiger partial charge in [0.05, 0.1) is 0 Å². The summed E-state index contributed by atoms with van der Waals surface area (Å²) in [5.41, 5.74) is 0.210. The second kappa shape index (κ2) is 7.02. The molecule has 120 valence electrons. The van der Waals surface area contributed by atoms with Gasteiger partial charge < -0.3 is 5.32 Å². The van der Waals surface area contributed by atoms with E-state index in [1.165, 1.54) is 64.2 Å². The predicted molar refractivity (Wildman–Crippen MR) is 90.5 cm³/mol. The van der Waals surface area contributed by atoms with E-state index in [9.17, 15) is 4.79 Å². The number of carbonyl (C=O) groups excluding carboxylic acids is 1. The highest BCUT2D eigenvalue weighted by Gasteiger charge is 2.51. The van der Waals surface area contributed by atoms with Crippen LogP contribution in [0.5, 0.6) is 0 Å². The van der Waals surface area contributed by atoms with Crippen LogP contribution < -0.4 is 5.32 Å². The van der Waals surface area contributed by atoms with Crippen molar-refractivity contribution >= 4 is 21.8 Å². The molecule has 3 heteroatoms. The molecule has 0 unspecified atom stereocenters. The number of unbranched alkanes of at least 4 members (excludes halogenated alkanes) is 4. The molecule has 4 saturated carbocycles. The van der Waals surface area contributed by atoms with Gasteiger partial charge in [0.1, 0.15) is 0 Å². The molecular weight excluding hydrogens is 326 g/mol. The Morgan fingerprint density at radius 1 is 0.905 bits per heavy atom. The molecule has 1 N–H and O–H groups in total. The summed E-state index contributed by atoms with van der Waals surface area (Å²) in [6.45, 7) is 0. The minimum absolute atomic E-state index is 0.210. The third-order valence-electron chi connectivity index (χ3n) is 5.98. The van der Waals surface area contributed by atoms with E-state index in [2.05, 4.69) is 21.2 Å². The topological polar surface area (TPSA) is 29.1 Å². The first kappa shape index (κ1) is 15.8. The fraction of sp³-hybridized carbons (Fsp3) is 0.944. The largest absolute Gasteiger partial charge is 0.351 e. The lowest BCUT2D eigenvalue weighted by atomic mass is 9.53. The molecule has 0 aromatic heterocycles. The van der Waals surface area contributed by atoms with Crippen LogP contribution in [0.4, 0.5) is 0 Å². The molecule has 0 radical (unpaired) electrons. The predicted octanol–water partition coefficient (Wildman–Crippen LogP) is 4.81. The average Bonchev–Trinajstić information content (AvgIpc) is 2.40. The minimum Gasteiger partial charge on any atom is -0.351 e. The Kier molecular flexibility index (Phi) is 5.29. The maximum Gasteiger partial charge on any atom is 0.220 e. The quantitative estimate of drug-likeness (QED) is 0.491. The van der Waals surface area contributed by atoms with Crippen molar-refractivity contribution in [1.82, 2.24) is 5.32 Å². The molecule has 0 saturated heterocycles. The van der Waals surface area contributed by atoms with Crippen molar-refractivity contribution in [2.75, 3.05) is 5.33 Å². The first-order valence-corrected chi connectivity index (χ1v) is 10.2. The summed E-state index contributed by atoms with van der Waals surface area (Å²) in [5.74, 6) is 3.08. The summed E-state index contributed by atoms with van der Waals surface area (Å²) in [5, 5.41) is 4.59. The number of hydrogen-bond donors (Lipinski definition) is 1. The zero-order chi connectivity index (χ0) is 14.7. The first-order valence-electron chi connectivity index (χ1n) is 9.06. The van der Waals surface area contributed by atoms with Gasteiger partial charge in [0.2, 0.25) is 5.91 Å². The van der Waals surface area contributed by atoms with Crippen LogP contribution in [0.2, 0.25) is 0 Å². The maximum absolute atomic E-state index is 12.3. The van der Waals surface area contributed by atoms with E-state index in [1.807, 2.05) is 0 Å². The van der Waals surface area contributed by atoms with Crippen LogP contribution in [0.25, 0.3) is 0 Å². The third-order valence-corrected chi connectivity index (χ3v) is 6.54. The average molecular weight is 356 g/mol. The smallest absolute Gasteiger partial charge is 0.220 e. The molecule has 0 heterocycles. The molecular formula is C18H30BrNO. The molecule has 0 spiro atoms. The summed E-state index contributed by atoms with van der Waals surface area (Å²) < 4.78 is 0. The maximum atomic E-state index is 12.3. The molecule has 4 aliphatic carbocycles. The fourth-order valence-corrected chi connectivity index (χ4v) is 5.93. The van der Waals surface area contributed by atoms with E-state index < -0.39 is 0 Å². The number of alkyl halides is 1. The third kappa shape index (κ3) is 4.03. The van der Waals surface area contributed by atoms with Crippen molar-refractivity contribution in [3.63, 3.8) is 0 Å². The monoisotopic (exact) mass is 355 g/mol. The van der Waals surface area contributed by atoms with E-state index in [0.717, 1.165) is 35.9 Å². The van der Waals surface area contributed by atoms with Gasteiger partial charge in [0.15, 0.2) is 0 Å². The van der Waals surface area contributed by atoms with Crippen LogP contribution in [0, 0.1) is 17.8 Å². The van der Waals surface area contributed by atoms with E-state index in [1.54, 1.807) is 0 Å². The Morgan fingerprint density at radius 3 is 2.00 bits per heavy atom. The summed E-state index contributed by atoms with van der Waals surface area (Å²) in [6, 6.07) is 0. The second-order valence-electron chi connectivity index (χ2n) is 7.95. The number of halogens is 1. The Hall–Kier alpha value is -0.0500. The van der Waals surface area contributed by atoms with Crippen LogP contribution in [-0.4, -0.2) is 16.8 Å². The summed E-state index contributed by atoms with van der Waals surface area (Å²) in [7, 11) is 0. The molecule has 0 aliphatic heterocycles. The van der Waals surface area contributed by atoms with Gasteiger partial charge in [0.25, 0.3) is 0 Å². The van der Waals surface area contributed by atoms with E-state index in [4.69, 9.17) is 0 Å². The van der Waals surface area contributed by atoms with Gasteiger partial charge in [-0.1, -0.05) is 35.2 Å². The fourth-order valence-electron chi connectivity index (χ4n) is 5.53. The molecule has 0 aromatic rings. The van der Waals surface area contributed by atoms with Crippen molar-refractivity contribution < 1.29 is 4.79 Å². The van der Waals surface area contributed by atoms with Crippen molar-refractivity contribution in [2.45, 2.75) is 82.6 Å². The van der Waals surface area contributed by atoms with E-state index >= 15 is 0 Å². The van der Waals surface area contributed by atoms with Crippen LogP contribution in [-0.2, 0) is 4.79 Å². The lowest BCUT2D eigenvalue weighted by Gasteiger charge is -2.56. The number of carbonyl (C=O) groups is 1. The SMILES string of the molecule is O=C(CCCCCCCBr)NC12CC3CC(CC(C3)C1)C2. The van der Waals surface area contributed by atoms with Crippen LogP contribution in [0.1, 0.15) is 77.0 Å². The first-order chi connectivity index (χ1) is 10.2. The van der Waals surface area contributed by atoms with Gasteiger partial charge in [-0.05, 0) is 69.1 Å². The number of hydrogen-bond acceptors (Lipinski definition) is 1. The highest BCUT2D eigenvalue weighted by atomic mass is 79.9. The Bertz CT molecular complexity index is 333. The standard InChI is InChI=1S/C18H30BrNO/c19-7-5-3-1-2-4-6-17(21)20-18-11-14-8-15(12-18)10-16(9-14)13-18/h14-16H,1-13H2,(H,20,21). The molecule has 21 heavy (non-hydrogen) atoms. The Balaban J connectivity index is 1.39. The molecule has 1 amide bonds. The van der Waals surface area contributed by atoms with Gasteiger partial charge in [-0.25, -0.2) is 0 Å². The molecule has 4 aliphatic rings. The molecule has 4 rings (SSSR count). The lowest BCUT2D eigenvalue weighted by Crippen LogP contribution is -2.59. The zero-order valence-corrected chi connectivity index (χ0v) is 14.8. The molecule has 0 aromatic carbocycles. The van der Waals surface area contributed by atoms with Gasteiger partial charge in [0, 0.05) is 17.3 Å².